The Morgan fingerprint density at radius 3 is 2.50 bits per heavy atom. The molecule has 0 aliphatic carbocycles. The Balaban J connectivity index is 2.54. The maximum Gasteiger partial charge on any atom is 0.346 e. The summed E-state index contributed by atoms with van der Waals surface area (Å²) in [4.78, 5) is 30.3. The molecule has 0 aliphatic heterocycles. The van der Waals surface area contributed by atoms with E-state index >= 15 is 0 Å². The molecule has 2 rings (SSSR count). The number of hydrogen-bond donors (Lipinski definition) is 2. The van der Waals surface area contributed by atoms with Crippen LogP contribution in [0.4, 0.5) is 0 Å². The Labute approximate surface area is 129 Å². The van der Waals surface area contributed by atoms with Crippen LogP contribution in [-0.4, -0.2) is 22.4 Å². The van der Waals surface area contributed by atoms with E-state index in [4.69, 9.17) is 0 Å². The summed E-state index contributed by atoms with van der Waals surface area (Å²) >= 11 is 0. The number of aromatic nitrogens is 2. The van der Waals surface area contributed by atoms with Gasteiger partial charge in [0.25, 0.3) is 5.91 Å². The highest BCUT2D eigenvalue weighted by molar-refractivity contribution is 5.93. The summed E-state index contributed by atoms with van der Waals surface area (Å²) in [5.74, 6) is -0.358. The SMILES string of the molecule is C=CCNC(=O)c1cc(-c2c(C)cc(C)cc2C)nc(=O)[nH]1. The number of amides is 1. The highest BCUT2D eigenvalue weighted by atomic mass is 16.2. The van der Waals surface area contributed by atoms with Gasteiger partial charge in [-0.1, -0.05) is 23.8 Å². The summed E-state index contributed by atoms with van der Waals surface area (Å²) in [5, 5.41) is 2.64. The molecule has 2 N–H and O–H groups in total. The first-order valence-corrected chi connectivity index (χ1v) is 7.01. The molecule has 0 unspecified atom stereocenters. The maximum atomic E-state index is 12.0. The zero-order chi connectivity index (χ0) is 16.3. The van der Waals surface area contributed by atoms with Crippen LogP contribution in [0.1, 0.15) is 27.2 Å². The normalized spacial score (nSPS) is 10.3. The third-order valence-electron chi connectivity index (χ3n) is 3.33. The molecule has 5 heteroatoms. The number of carbonyl (C=O) groups excluding carboxylic acids is 1. The number of hydrogen-bond acceptors (Lipinski definition) is 3. The Hall–Kier alpha value is -2.69. The van der Waals surface area contributed by atoms with Gasteiger partial charge in [-0.2, -0.15) is 4.98 Å². The average molecular weight is 297 g/mol. The van der Waals surface area contributed by atoms with Gasteiger partial charge in [0.1, 0.15) is 5.69 Å². The Morgan fingerprint density at radius 2 is 1.91 bits per heavy atom. The number of aromatic amines is 1. The maximum absolute atomic E-state index is 12.0. The summed E-state index contributed by atoms with van der Waals surface area (Å²) in [6, 6.07) is 5.66. The van der Waals surface area contributed by atoms with Gasteiger partial charge in [0, 0.05) is 12.1 Å². The minimum Gasteiger partial charge on any atom is -0.347 e. The largest absolute Gasteiger partial charge is 0.347 e. The summed E-state index contributed by atoms with van der Waals surface area (Å²) in [7, 11) is 0. The van der Waals surface area contributed by atoms with Gasteiger partial charge in [-0.05, 0) is 38.0 Å². The average Bonchev–Trinajstić information content (AvgIpc) is 2.43. The van der Waals surface area contributed by atoms with Gasteiger partial charge in [0.2, 0.25) is 0 Å². The monoisotopic (exact) mass is 297 g/mol. The van der Waals surface area contributed by atoms with Crippen LogP contribution >= 0.6 is 0 Å². The lowest BCUT2D eigenvalue weighted by molar-refractivity contribution is 0.0952. The number of aryl methyl sites for hydroxylation is 3. The van der Waals surface area contributed by atoms with Crippen molar-refractivity contribution in [3.05, 3.63) is 63.7 Å². The van der Waals surface area contributed by atoms with E-state index in [2.05, 4.69) is 21.9 Å². The first kappa shape index (κ1) is 15.7. The standard InChI is InChI=1S/C17H19N3O2/c1-5-6-18-16(21)14-9-13(19-17(22)20-14)15-11(3)7-10(2)8-12(15)4/h5,7-9H,1,6H2,2-4H3,(H,18,21)(H,19,20,22). The second-order valence-electron chi connectivity index (χ2n) is 5.26. The lowest BCUT2D eigenvalue weighted by Gasteiger charge is -2.11. The van der Waals surface area contributed by atoms with Crippen LogP contribution in [0, 0.1) is 20.8 Å². The minimum absolute atomic E-state index is 0.191. The van der Waals surface area contributed by atoms with Crippen LogP contribution in [0.5, 0.6) is 0 Å². The van der Waals surface area contributed by atoms with Gasteiger partial charge in [-0.3, -0.25) is 4.79 Å². The van der Waals surface area contributed by atoms with Crippen molar-refractivity contribution < 1.29 is 4.79 Å². The van der Waals surface area contributed by atoms with E-state index in [1.54, 1.807) is 12.1 Å². The van der Waals surface area contributed by atoms with E-state index in [0.29, 0.717) is 12.2 Å². The summed E-state index contributed by atoms with van der Waals surface area (Å²) < 4.78 is 0. The van der Waals surface area contributed by atoms with Gasteiger partial charge in [0.05, 0.1) is 5.69 Å². The molecule has 2 aromatic rings. The van der Waals surface area contributed by atoms with Crippen molar-refractivity contribution in [2.24, 2.45) is 0 Å². The van der Waals surface area contributed by atoms with Crippen LogP contribution in [-0.2, 0) is 0 Å². The topological polar surface area (TPSA) is 74.8 Å². The van der Waals surface area contributed by atoms with Gasteiger partial charge in [-0.15, -0.1) is 6.58 Å². The van der Waals surface area contributed by atoms with E-state index < -0.39 is 5.69 Å². The van der Waals surface area contributed by atoms with E-state index in [0.717, 1.165) is 22.3 Å². The molecule has 1 heterocycles. The number of carbonyl (C=O) groups is 1. The Kier molecular flexibility index (Phi) is 4.56. The van der Waals surface area contributed by atoms with Gasteiger partial charge in [-0.25, -0.2) is 4.79 Å². The zero-order valence-electron chi connectivity index (χ0n) is 13.0. The molecule has 5 nitrogen and oxygen atoms in total. The summed E-state index contributed by atoms with van der Waals surface area (Å²) in [5.41, 5.74) is 4.22. The number of rotatable bonds is 4. The van der Waals surface area contributed by atoms with Gasteiger partial charge in [0.15, 0.2) is 0 Å². The second kappa shape index (κ2) is 6.39. The molecule has 0 bridgehead atoms. The van der Waals surface area contributed by atoms with E-state index in [-0.39, 0.29) is 11.6 Å². The van der Waals surface area contributed by atoms with Crippen LogP contribution in [0.15, 0.2) is 35.6 Å². The molecule has 1 aromatic carbocycles. The van der Waals surface area contributed by atoms with Crippen LogP contribution in [0.25, 0.3) is 11.3 Å². The molecule has 1 aromatic heterocycles. The second-order valence-corrected chi connectivity index (χ2v) is 5.26. The third-order valence-corrected chi connectivity index (χ3v) is 3.33. The fourth-order valence-corrected chi connectivity index (χ4v) is 2.55. The summed E-state index contributed by atoms with van der Waals surface area (Å²) in [6.45, 7) is 9.83. The highest BCUT2D eigenvalue weighted by Crippen LogP contribution is 2.26. The van der Waals surface area contributed by atoms with Gasteiger partial charge < -0.3 is 10.3 Å². The molecule has 1 amide bonds. The molecule has 0 atom stereocenters. The minimum atomic E-state index is -0.541. The van der Waals surface area contributed by atoms with Crippen LogP contribution in [0.3, 0.4) is 0 Å². The molecular weight excluding hydrogens is 278 g/mol. The quantitative estimate of drug-likeness (QED) is 0.850. The molecule has 0 spiro atoms. The van der Waals surface area contributed by atoms with E-state index in [9.17, 15) is 9.59 Å². The fourth-order valence-electron chi connectivity index (χ4n) is 2.55. The van der Waals surface area contributed by atoms with Gasteiger partial charge >= 0.3 is 5.69 Å². The molecule has 114 valence electrons. The third kappa shape index (κ3) is 3.31. The van der Waals surface area contributed by atoms with Crippen molar-refractivity contribution in [3.63, 3.8) is 0 Å². The van der Waals surface area contributed by atoms with Crippen molar-refractivity contribution in [3.8, 4) is 11.3 Å². The smallest absolute Gasteiger partial charge is 0.346 e. The first-order valence-electron chi connectivity index (χ1n) is 7.01. The molecule has 0 aliphatic rings. The molecule has 0 fully saturated rings. The predicted octanol–water partition coefficient (Wildman–Crippen LogP) is 2.28. The van der Waals surface area contributed by atoms with Crippen molar-refractivity contribution in [1.82, 2.24) is 15.3 Å². The lowest BCUT2D eigenvalue weighted by Crippen LogP contribution is -2.27. The molecule has 0 saturated carbocycles. The predicted molar refractivity (Wildman–Crippen MR) is 87.0 cm³/mol. The lowest BCUT2D eigenvalue weighted by atomic mass is 9.97. The first-order chi connectivity index (χ1) is 10.4. The molecular formula is C17H19N3O2. The zero-order valence-corrected chi connectivity index (χ0v) is 13.0. The van der Waals surface area contributed by atoms with Crippen molar-refractivity contribution in [1.29, 1.82) is 0 Å². The molecule has 0 saturated heterocycles. The number of nitrogens with one attached hydrogen (secondary N) is 2. The Morgan fingerprint density at radius 1 is 1.27 bits per heavy atom. The number of H-pyrrole nitrogens is 1. The fraction of sp³-hybridized carbons (Fsp3) is 0.235. The number of benzene rings is 1. The van der Waals surface area contributed by atoms with Crippen LogP contribution < -0.4 is 11.0 Å². The van der Waals surface area contributed by atoms with Crippen LogP contribution in [0.2, 0.25) is 0 Å². The highest BCUT2D eigenvalue weighted by Gasteiger charge is 2.13. The van der Waals surface area contributed by atoms with E-state index in [1.165, 1.54) is 0 Å². The van der Waals surface area contributed by atoms with Crippen molar-refractivity contribution in [2.75, 3.05) is 6.54 Å². The molecule has 0 radical (unpaired) electrons. The van der Waals surface area contributed by atoms with Crippen molar-refractivity contribution in [2.45, 2.75) is 20.8 Å². The number of nitrogens with zero attached hydrogens (tertiary/aromatic N) is 1. The molecule has 22 heavy (non-hydrogen) atoms. The van der Waals surface area contributed by atoms with E-state index in [1.807, 2.05) is 32.9 Å². The Bertz CT molecular complexity index is 768. The van der Waals surface area contributed by atoms with Crippen molar-refractivity contribution >= 4 is 5.91 Å². The summed E-state index contributed by atoms with van der Waals surface area (Å²) in [6.07, 6.45) is 1.58.